The highest BCUT2D eigenvalue weighted by atomic mass is 16.3. The molecule has 0 aromatic heterocycles. The molecule has 3 heteroatoms. The molecule has 0 aliphatic heterocycles. The van der Waals surface area contributed by atoms with Crippen molar-refractivity contribution in [1.82, 2.24) is 0 Å². The highest BCUT2D eigenvalue weighted by Crippen LogP contribution is 2.33. The Morgan fingerprint density at radius 2 is 1.73 bits per heavy atom. The first-order valence-corrected chi connectivity index (χ1v) is 5.59. The summed E-state index contributed by atoms with van der Waals surface area (Å²) in [6, 6.07) is 0. The Balaban J connectivity index is 0.000000423. The number of aliphatic hydroxyl groups excluding tert-OH is 1. The molecule has 1 aliphatic carbocycles. The molecule has 0 aromatic rings. The van der Waals surface area contributed by atoms with Crippen molar-refractivity contribution in [3.63, 3.8) is 0 Å². The Bertz CT molecular complexity index is 183. The van der Waals surface area contributed by atoms with Crippen LogP contribution in [0.5, 0.6) is 0 Å². The highest BCUT2D eigenvalue weighted by Gasteiger charge is 2.28. The van der Waals surface area contributed by atoms with Crippen LogP contribution in [0.4, 0.5) is 0 Å². The quantitative estimate of drug-likeness (QED) is 0.563. The maximum atomic E-state index is 9.71. The van der Waals surface area contributed by atoms with Crippen molar-refractivity contribution in [3.05, 3.63) is 0 Å². The first-order chi connectivity index (χ1) is 7.02. The minimum Gasteiger partial charge on any atom is -0.393 e. The van der Waals surface area contributed by atoms with Crippen LogP contribution in [0.25, 0.3) is 0 Å². The number of rotatable bonds is 2. The van der Waals surface area contributed by atoms with Gasteiger partial charge in [0.1, 0.15) is 0 Å². The Morgan fingerprint density at radius 3 is 2.07 bits per heavy atom. The molecule has 0 bridgehead atoms. The van der Waals surface area contributed by atoms with Crippen LogP contribution in [0.3, 0.4) is 0 Å². The van der Waals surface area contributed by atoms with Crippen molar-refractivity contribution in [3.8, 4) is 0 Å². The zero-order valence-corrected chi connectivity index (χ0v) is 9.85. The fourth-order valence-electron chi connectivity index (χ4n) is 2.15. The minimum absolute atomic E-state index is 0.0289. The van der Waals surface area contributed by atoms with Crippen LogP contribution in [0.1, 0.15) is 40.0 Å². The van der Waals surface area contributed by atoms with Gasteiger partial charge in [0, 0.05) is 0 Å². The Morgan fingerprint density at radius 1 is 1.20 bits per heavy atom. The third kappa shape index (κ3) is 5.67. The zero-order chi connectivity index (χ0) is 11.8. The molecule has 1 saturated carbocycles. The maximum absolute atomic E-state index is 9.71. The summed E-state index contributed by atoms with van der Waals surface area (Å²) in [6.07, 6.45) is 3.90. The van der Waals surface area contributed by atoms with E-state index in [0.717, 1.165) is 12.3 Å². The van der Waals surface area contributed by atoms with Gasteiger partial charge in [-0.05, 0) is 30.6 Å². The van der Waals surface area contributed by atoms with E-state index in [1.54, 1.807) is 0 Å². The largest absolute Gasteiger partial charge is 0.393 e. The van der Waals surface area contributed by atoms with Gasteiger partial charge in [0.05, 0.1) is 6.10 Å². The molecule has 0 aromatic carbocycles. The molecule has 0 amide bonds. The van der Waals surface area contributed by atoms with Gasteiger partial charge >= 0.3 is 0 Å². The fourth-order valence-corrected chi connectivity index (χ4v) is 2.15. The lowest BCUT2D eigenvalue weighted by atomic mass is 9.75. The van der Waals surface area contributed by atoms with Gasteiger partial charge in [0.25, 0.3) is 0 Å². The van der Waals surface area contributed by atoms with Crippen molar-refractivity contribution < 1.29 is 14.7 Å². The Labute approximate surface area is 91.9 Å². The SMILES string of the molecule is CC1CCC(C(C)C)C(O)C1.O=CC=O. The molecule has 0 spiro atoms. The van der Waals surface area contributed by atoms with E-state index in [2.05, 4.69) is 20.8 Å². The van der Waals surface area contributed by atoms with Crippen LogP contribution in [-0.4, -0.2) is 23.8 Å². The van der Waals surface area contributed by atoms with Crippen molar-refractivity contribution >= 4 is 12.6 Å². The molecule has 1 aliphatic rings. The van der Waals surface area contributed by atoms with Gasteiger partial charge in [-0.2, -0.15) is 0 Å². The highest BCUT2D eigenvalue weighted by molar-refractivity contribution is 6.09. The normalized spacial score (nSPS) is 30.3. The Kier molecular flexibility index (Phi) is 7.22. The molecule has 1 rings (SSSR count). The van der Waals surface area contributed by atoms with Crippen LogP contribution in [0, 0.1) is 17.8 Å². The molecule has 3 unspecified atom stereocenters. The van der Waals surface area contributed by atoms with E-state index in [4.69, 9.17) is 9.59 Å². The summed E-state index contributed by atoms with van der Waals surface area (Å²) in [5.74, 6) is 1.95. The molecular formula is C12H22O3. The molecule has 88 valence electrons. The molecule has 0 saturated heterocycles. The van der Waals surface area contributed by atoms with E-state index in [-0.39, 0.29) is 18.7 Å². The van der Waals surface area contributed by atoms with Crippen molar-refractivity contribution in [2.75, 3.05) is 0 Å². The van der Waals surface area contributed by atoms with Gasteiger partial charge in [0.15, 0.2) is 12.6 Å². The lowest BCUT2D eigenvalue weighted by molar-refractivity contribution is -0.122. The number of aliphatic hydroxyl groups is 1. The second-order valence-electron chi connectivity index (χ2n) is 4.67. The maximum Gasteiger partial charge on any atom is 0.182 e. The second-order valence-corrected chi connectivity index (χ2v) is 4.67. The van der Waals surface area contributed by atoms with Crippen LogP contribution < -0.4 is 0 Å². The molecule has 1 N–H and O–H groups in total. The van der Waals surface area contributed by atoms with E-state index < -0.39 is 0 Å². The molecule has 3 atom stereocenters. The van der Waals surface area contributed by atoms with Crippen molar-refractivity contribution in [1.29, 1.82) is 0 Å². The first-order valence-electron chi connectivity index (χ1n) is 5.59. The van der Waals surface area contributed by atoms with E-state index in [1.165, 1.54) is 12.8 Å². The van der Waals surface area contributed by atoms with Gasteiger partial charge in [-0.1, -0.05) is 27.2 Å². The second kappa shape index (κ2) is 7.57. The standard InChI is InChI=1S/C10H20O.C2H2O2/c1-7(2)9-5-4-8(3)6-10(9)11;3-1-2-4/h7-11H,4-6H2,1-3H3;1-2H. The number of hydrogen-bond acceptors (Lipinski definition) is 3. The third-order valence-corrected chi connectivity index (χ3v) is 3.04. The van der Waals surface area contributed by atoms with Crippen LogP contribution in [0.2, 0.25) is 0 Å². The van der Waals surface area contributed by atoms with E-state index in [0.29, 0.717) is 11.8 Å². The summed E-state index contributed by atoms with van der Waals surface area (Å²) in [7, 11) is 0. The summed E-state index contributed by atoms with van der Waals surface area (Å²) in [5, 5.41) is 9.71. The van der Waals surface area contributed by atoms with Crippen LogP contribution in [0.15, 0.2) is 0 Å². The summed E-state index contributed by atoms with van der Waals surface area (Å²) in [5.41, 5.74) is 0. The molecule has 0 heterocycles. The van der Waals surface area contributed by atoms with E-state index >= 15 is 0 Å². The average Bonchev–Trinajstić information content (AvgIpc) is 2.17. The minimum atomic E-state index is -0.0289. The summed E-state index contributed by atoms with van der Waals surface area (Å²) < 4.78 is 0. The Hall–Kier alpha value is -0.700. The summed E-state index contributed by atoms with van der Waals surface area (Å²) in [6.45, 7) is 6.66. The van der Waals surface area contributed by atoms with E-state index in [1.807, 2.05) is 0 Å². The average molecular weight is 214 g/mol. The van der Waals surface area contributed by atoms with Crippen molar-refractivity contribution in [2.45, 2.75) is 46.1 Å². The summed E-state index contributed by atoms with van der Waals surface area (Å²) in [4.78, 5) is 17.6. The molecule has 3 nitrogen and oxygen atoms in total. The monoisotopic (exact) mass is 214 g/mol. The predicted octanol–water partition coefficient (Wildman–Crippen LogP) is 1.82. The predicted molar refractivity (Wildman–Crippen MR) is 59.5 cm³/mol. The van der Waals surface area contributed by atoms with Crippen molar-refractivity contribution in [2.24, 2.45) is 17.8 Å². The van der Waals surface area contributed by atoms with Gasteiger partial charge in [-0.3, -0.25) is 9.59 Å². The number of carbonyl (C=O) groups is 2. The van der Waals surface area contributed by atoms with Crippen LogP contribution >= 0.6 is 0 Å². The smallest absolute Gasteiger partial charge is 0.182 e. The third-order valence-electron chi connectivity index (χ3n) is 3.04. The van der Waals surface area contributed by atoms with Gasteiger partial charge in [-0.15, -0.1) is 0 Å². The topological polar surface area (TPSA) is 54.4 Å². The fraction of sp³-hybridized carbons (Fsp3) is 0.833. The van der Waals surface area contributed by atoms with E-state index in [9.17, 15) is 5.11 Å². The molecule has 1 fully saturated rings. The summed E-state index contributed by atoms with van der Waals surface area (Å²) >= 11 is 0. The zero-order valence-electron chi connectivity index (χ0n) is 9.85. The van der Waals surface area contributed by atoms with Gasteiger partial charge in [0.2, 0.25) is 0 Å². The molecular weight excluding hydrogens is 192 g/mol. The molecule has 15 heavy (non-hydrogen) atoms. The number of hydrogen-bond donors (Lipinski definition) is 1. The van der Waals surface area contributed by atoms with Gasteiger partial charge in [-0.25, -0.2) is 0 Å². The number of carbonyl (C=O) groups excluding carboxylic acids is 2. The lowest BCUT2D eigenvalue weighted by Gasteiger charge is -2.33. The molecule has 0 radical (unpaired) electrons. The first kappa shape index (κ1) is 14.3. The van der Waals surface area contributed by atoms with Crippen LogP contribution in [-0.2, 0) is 9.59 Å². The van der Waals surface area contributed by atoms with Gasteiger partial charge < -0.3 is 5.11 Å². The number of aldehydes is 2. The lowest BCUT2D eigenvalue weighted by Crippen LogP contribution is -2.31.